The molecule has 2 rings (SSSR count). The first kappa shape index (κ1) is 16.1. The molecule has 20 heavy (non-hydrogen) atoms. The molecule has 1 heterocycles. The Morgan fingerprint density at radius 1 is 1.40 bits per heavy atom. The minimum Gasteiger partial charge on any atom is -0.383 e. The average molecular weight is 316 g/mol. The normalized spacial score (nSPS) is 16.5. The van der Waals surface area contributed by atoms with E-state index in [0.29, 0.717) is 5.25 Å². The monoisotopic (exact) mass is 315 g/mol. The lowest BCUT2D eigenvalue weighted by atomic mass is 10.2. The fourth-order valence-corrected chi connectivity index (χ4v) is 3.57. The summed E-state index contributed by atoms with van der Waals surface area (Å²) in [5.41, 5.74) is 1.21. The molecule has 0 aromatic heterocycles. The summed E-state index contributed by atoms with van der Waals surface area (Å²) >= 11 is 8.26. The van der Waals surface area contributed by atoms with Crippen LogP contribution in [0.3, 0.4) is 0 Å². The summed E-state index contributed by atoms with van der Waals surface area (Å²) in [5.74, 6) is 0. The molecule has 1 aliphatic heterocycles. The number of rotatable bonds is 7. The number of halogens is 1. The van der Waals surface area contributed by atoms with Crippen LogP contribution in [0.1, 0.15) is 18.4 Å². The molecule has 112 valence electrons. The van der Waals surface area contributed by atoms with E-state index in [1.807, 2.05) is 11.8 Å². The van der Waals surface area contributed by atoms with Crippen LogP contribution in [0.25, 0.3) is 0 Å². The van der Waals surface area contributed by atoms with Gasteiger partial charge in [-0.25, -0.2) is 0 Å². The van der Waals surface area contributed by atoms with Crippen LogP contribution in [-0.2, 0) is 16.0 Å². The smallest absolute Gasteiger partial charge is 0.0587 e. The Labute approximate surface area is 130 Å². The lowest BCUT2D eigenvalue weighted by Gasteiger charge is -2.22. The molecule has 1 aliphatic rings. The van der Waals surface area contributed by atoms with Crippen LogP contribution < -0.4 is 5.32 Å². The number of methoxy groups -OCH3 is 1. The van der Waals surface area contributed by atoms with E-state index < -0.39 is 0 Å². The van der Waals surface area contributed by atoms with Crippen molar-refractivity contribution in [3.63, 3.8) is 0 Å². The van der Waals surface area contributed by atoms with Gasteiger partial charge in [0.05, 0.1) is 11.6 Å². The Hall–Kier alpha value is -0.260. The molecule has 3 nitrogen and oxygen atoms in total. The lowest BCUT2D eigenvalue weighted by Crippen LogP contribution is -2.18. The summed E-state index contributed by atoms with van der Waals surface area (Å²) < 4.78 is 10.4. The van der Waals surface area contributed by atoms with Crippen LogP contribution in [0, 0.1) is 0 Å². The van der Waals surface area contributed by atoms with Crippen molar-refractivity contribution >= 4 is 23.4 Å². The van der Waals surface area contributed by atoms with Crippen LogP contribution in [0.5, 0.6) is 0 Å². The zero-order chi connectivity index (χ0) is 14.2. The first-order valence-electron chi connectivity index (χ1n) is 7.02. The maximum absolute atomic E-state index is 6.38. The van der Waals surface area contributed by atoms with E-state index in [9.17, 15) is 0 Å². The van der Waals surface area contributed by atoms with Gasteiger partial charge in [-0.15, -0.1) is 11.8 Å². The maximum Gasteiger partial charge on any atom is 0.0587 e. The van der Waals surface area contributed by atoms with Gasteiger partial charge in [-0.3, -0.25) is 0 Å². The molecule has 0 aliphatic carbocycles. The molecule has 0 atom stereocenters. The Morgan fingerprint density at radius 2 is 2.20 bits per heavy atom. The third-order valence-electron chi connectivity index (χ3n) is 3.27. The predicted octanol–water partition coefficient (Wildman–Crippen LogP) is 3.35. The van der Waals surface area contributed by atoms with Gasteiger partial charge in [0.15, 0.2) is 0 Å². The zero-order valence-corrected chi connectivity index (χ0v) is 13.4. The molecule has 0 saturated carbocycles. The third-order valence-corrected chi connectivity index (χ3v) is 5.11. The van der Waals surface area contributed by atoms with Crippen LogP contribution in [-0.4, -0.2) is 38.7 Å². The standard InChI is InChI=1S/C15H22ClNO2S/c1-18-9-6-17-11-12-2-3-15(14(16)10-12)20-13-4-7-19-8-5-13/h2-3,10,13,17H,4-9,11H2,1H3. The summed E-state index contributed by atoms with van der Waals surface area (Å²) in [6, 6.07) is 6.34. The number of hydrogen-bond acceptors (Lipinski definition) is 4. The first-order valence-corrected chi connectivity index (χ1v) is 8.28. The lowest BCUT2D eigenvalue weighted by molar-refractivity contribution is 0.100. The fraction of sp³-hybridized carbons (Fsp3) is 0.600. The highest BCUT2D eigenvalue weighted by Gasteiger charge is 2.16. The van der Waals surface area contributed by atoms with Crippen LogP contribution >= 0.6 is 23.4 Å². The molecule has 0 unspecified atom stereocenters. The largest absolute Gasteiger partial charge is 0.383 e. The molecule has 0 radical (unpaired) electrons. The Bertz CT molecular complexity index is 411. The minimum absolute atomic E-state index is 0.631. The molecule has 1 aromatic rings. The number of thioether (sulfide) groups is 1. The third kappa shape index (κ3) is 5.26. The van der Waals surface area contributed by atoms with Crippen LogP contribution in [0.15, 0.2) is 23.1 Å². The molecule has 5 heteroatoms. The summed E-state index contributed by atoms with van der Waals surface area (Å²) in [6.45, 7) is 4.15. The number of ether oxygens (including phenoxy) is 2. The second-order valence-electron chi connectivity index (χ2n) is 4.86. The molecule has 1 aromatic carbocycles. The van der Waals surface area contributed by atoms with Crippen LogP contribution in [0.2, 0.25) is 5.02 Å². The molecular formula is C15H22ClNO2S. The molecule has 1 fully saturated rings. The van der Waals surface area contributed by atoms with Gasteiger partial charge in [0.1, 0.15) is 0 Å². The van der Waals surface area contributed by atoms with Gasteiger partial charge >= 0.3 is 0 Å². The van der Waals surface area contributed by atoms with Crippen molar-refractivity contribution in [2.24, 2.45) is 0 Å². The van der Waals surface area contributed by atoms with E-state index in [0.717, 1.165) is 50.8 Å². The van der Waals surface area contributed by atoms with Crippen molar-refractivity contribution in [1.82, 2.24) is 5.32 Å². The summed E-state index contributed by atoms with van der Waals surface area (Å²) in [6.07, 6.45) is 2.22. The van der Waals surface area contributed by atoms with E-state index >= 15 is 0 Å². The Morgan fingerprint density at radius 3 is 2.90 bits per heavy atom. The fourth-order valence-electron chi connectivity index (χ4n) is 2.13. The van der Waals surface area contributed by atoms with Gasteiger partial charge in [0.2, 0.25) is 0 Å². The summed E-state index contributed by atoms with van der Waals surface area (Å²) in [4.78, 5) is 1.18. The van der Waals surface area contributed by atoms with Crippen molar-refractivity contribution in [1.29, 1.82) is 0 Å². The van der Waals surface area contributed by atoms with E-state index in [4.69, 9.17) is 21.1 Å². The van der Waals surface area contributed by atoms with Gasteiger partial charge in [-0.1, -0.05) is 17.7 Å². The highest BCUT2D eigenvalue weighted by Crippen LogP contribution is 2.34. The number of hydrogen-bond donors (Lipinski definition) is 1. The minimum atomic E-state index is 0.631. The molecule has 1 N–H and O–H groups in total. The van der Waals surface area contributed by atoms with Gasteiger partial charge in [0.25, 0.3) is 0 Å². The molecule has 0 bridgehead atoms. The topological polar surface area (TPSA) is 30.5 Å². The van der Waals surface area contributed by atoms with Crippen LogP contribution in [0.4, 0.5) is 0 Å². The first-order chi connectivity index (χ1) is 9.79. The Kier molecular flexibility index (Phi) is 7.17. The molecule has 1 saturated heterocycles. The van der Waals surface area contributed by atoms with Gasteiger partial charge in [-0.05, 0) is 30.5 Å². The van der Waals surface area contributed by atoms with E-state index in [1.54, 1.807) is 7.11 Å². The van der Waals surface area contributed by atoms with Crippen molar-refractivity contribution in [3.8, 4) is 0 Å². The highest BCUT2D eigenvalue weighted by molar-refractivity contribution is 8.00. The summed E-state index contributed by atoms with van der Waals surface area (Å²) in [7, 11) is 1.71. The zero-order valence-electron chi connectivity index (χ0n) is 11.9. The molecule has 0 amide bonds. The van der Waals surface area contributed by atoms with Gasteiger partial charge in [0, 0.05) is 43.6 Å². The number of nitrogens with one attached hydrogen (secondary N) is 1. The van der Waals surface area contributed by atoms with Crippen molar-refractivity contribution in [2.75, 3.05) is 33.5 Å². The molecular weight excluding hydrogens is 294 g/mol. The van der Waals surface area contributed by atoms with Crippen molar-refractivity contribution in [2.45, 2.75) is 29.5 Å². The highest BCUT2D eigenvalue weighted by atomic mass is 35.5. The van der Waals surface area contributed by atoms with Crippen molar-refractivity contribution < 1.29 is 9.47 Å². The van der Waals surface area contributed by atoms with Crippen molar-refractivity contribution in [3.05, 3.63) is 28.8 Å². The predicted molar refractivity (Wildman–Crippen MR) is 84.7 cm³/mol. The quantitative estimate of drug-likeness (QED) is 0.782. The summed E-state index contributed by atoms with van der Waals surface area (Å²) in [5, 5.41) is 4.81. The van der Waals surface area contributed by atoms with Gasteiger partial charge in [-0.2, -0.15) is 0 Å². The van der Waals surface area contributed by atoms with E-state index in [-0.39, 0.29) is 0 Å². The maximum atomic E-state index is 6.38. The number of benzene rings is 1. The SMILES string of the molecule is COCCNCc1ccc(SC2CCOCC2)c(Cl)c1. The van der Waals surface area contributed by atoms with E-state index in [2.05, 4.69) is 23.5 Å². The van der Waals surface area contributed by atoms with Gasteiger partial charge < -0.3 is 14.8 Å². The second-order valence-corrected chi connectivity index (χ2v) is 6.61. The average Bonchev–Trinajstić information content (AvgIpc) is 2.47. The second kappa shape index (κ2) is 8.90. The van der Waals surface area contributed by atoms with E-state index in [1.165, 1.54) is 10.5 Å². The Balaban J connectivity index is 1.85. The molecule has 0 spiro atoms.